The van der Waals surface area contributed by atoms with E-state index in [0.29, 0.717) is 5.56 Å². The molecule has 3 rings (SSSR count). The van der Waals surface area contributed by atoms with Crippen molar-refractivity contribution in [3.05, 3.63) is 58.3 Å². The van der Waals surface area contributed by atoms with Crippen LogP contribution in [0.1, 0.15) is 21.7 Å². The third-order valence-electron chi connectivity index (χ3n) is 4.18. The van der Waals surface area contributed by atoms with Gasteiger partial charge < -0.3 is 9.88 Å². The van der Waals surface area contributed by atoms with Crippen LogP contribution in [-0.4, -0.2) is 20.3 Å². The Hall–Kier alpha value is -2.81. The Morgan fingerprint density at radius 2 is 1.89 bits per heavy atom. The highest BCUT2D eigenvalue weighted by Gasteiger charge is 2.35. The molecule has 0 spiro atoms. The highest BCUT2D eigenvalue weighted by Crippen LogP contribution is 2.33. The first kappa shape index (κ1) is 19.9. The Balaban J connectivity index is 1.89. The molecule has 0 aliphatic carbocycles. The van der Waals surface area contributed by atoms with E-state index in [2.05, 4.69) is 10.4 Å². The number of nitrogens with one attached hydrogen (secondary N) is 1. The Kier molecular flexibility index (Phi) is 4.97. The van der Waals surface area contributed by atoms with E-state index in [1.807, 2.05) is 0 Å². The minimum atomic E-state index is -4.63. The van der Waals surface area contributed by atoms with E-state index in [4.69, 9.17) is 11.6 Å². The molecule has 0 aliphatic heterocycles. The lowest BCUT2D eigenvalue weighted by atomic mass is 10.1. The zero-order valence-electron chi connectivity index (χ0n) is 15.0. The maximum atomic E-state index is 14.5. The number of alkyl halides is 3. The predicted octanol–water partition coefficient (Wildman–Crippen LogP) is 4.80. The van der Waals surface area contributed by atoms with Crippen LogP contribution in [0.5, 0.6) is 0 Å². The van der Waals surface area contributed by atoms with Crippen molar-refractivity contribution in [3.8, 4) is 11.3 Å². The summed E-state index contributed by atoms with van der Waals surface area (Å²) >= 11 is 6.11. The smallest absolute Gasteiger partial charge is 0.345 e. The molecule has 5 nitrogen and oxygen atoms in total. The molecule has 0 aliphatic rings. The molecule has 148 valence electrons. The standard InChI is InChI=1S/C18H15ClF4N4O/c1-9-8-26(2)16(15(9)19)17(28)24-10-4-5-11(12(20)6-10)13-7-14(18(21,22)23)25-27(13)3/h4-8H,1-3H3,(H,24,28). The molecule has 28 heavy (non-hydrogen) atoms. The zero-order valence-corrected chi connectivity index (χ0v) is 15.8. The van der Waals surface area contributed by atoms with Crippen LogP contribution >= 0.6 is 11.6 Å². The Labute approximate surface area is 162 Å². The minimum absolute atomic E-state index is 0.0381. The second kappa shape index (κ2) is 6.97. The number of amides is 1. The highest BCUT2D eigenvalue weighted by atomic mass is 35.5. The lowest BCUT2D eigenvalue weighted by Crippen LogP contribution is -2.16. The van der Waals surface area contributed by atoms with Crippen molar-refractivity contribution in [2.45, 2.75) is 13.1 Å². The van der Waals surface area contributed by atoms with Gasteiger partial charge in [-0.25, -0.2) is 4.39 Å². The van der Waals surface area contributed by atoms with Crippen LogP contribution in [0.15, 0.2) is 30.5 Å². The molecule has 0 atom stereocenters. The maximum absolute atomic E-state index is 14.5. The zero-order chi connectivity index (χ0) is 20.8. The van der Waals surface area contributed by atoms with Gasteiger partial charge in [0.1, 0.15) is 11.5 Å². The first-order chi connectivity index (χ1) is 13.0. The van der Waals surface area contributed by atoms with E-state index >= 15 is 0 Å². The van der Waals surface area contributed by atoms with Crippen LogP contribution in [0.3, 0.4) is 0 Å². The van der Waals surface area contributed by atoms with Crippen LogP contribution in [0.4, 0.5) is 23.2 Å². The van der Waals surface area contributed by atoms with Crippen LogP contribution in [-0.2, 0) is 20.3 Å². The number of aryl methyl sites for hydroxylation is 3. The molecule has 2 aromatic heterocycles. The summed E-state index contributed by atoms with van der Waals surface area (Å²) in [6.45, 7) is 1.75. The summed E-state index contributed by atoms with van der Waals surface area (Å²) in [5, 5.41) is 6.18. The second-order valence-corrected chi connectivity index (χ2v) is 6.65. The van der Waals surface area contributed by atoms with Gasteiger partial charge in [-0.3, -0.25) is 9.48 Å². The van der Waals surface area contributed by atoms with Crippen molar-refractivity contribution in [1.82, 2.24) is 14.3 Å². The number of carbonyl (C=O) groups excluding carboxylic acids is 1. The summed E-state index contributed by atoms with van der Waals surface area (Å²) in [6.07, 6.45) is -2.95. The summed E-state index contributed by atoms with van der Waals surface area (Å²) in [5.74, 6) is -1.34. The van der Waals surface area contributed by atoms with E-state index < -0.39 is 23.6 Å². The molecule has 10 heteroatoms. The number of rotatable bonds is 3. The van der Waals surface area contributed by atoms with Gasteiger partial charge in [0.25, 0.3) is 5.91 Å². The normalized spacial score (nSPS) is 11.7. The lowest BCUT2D eigenvalue weighted by molar-refractivity contribution is -0.141. The van der Waals surface area contributed by atoms with Gasteiger partial charge in [0.05, 0.1) is 10.7 Å². The summed E-state index contributed by atoms with van der Waals surface area (Å²) < 4.78 is 55.4. The number of nitrogens with zero attached hydrogens (tertiary/aromatic N) is 3. The molecule has 0 saturated carbocycles. The summed E-state index contributed by atoms with van der Waals surface area (Å²) in [5.41, 5.74) is -0.160. The van der Waals surface area contributed by atoms with Crippen LogP contribution in [0, 0.1) is 12.7 Å². The van der Waals surface area contributed by atoms with Gasteiger partial charge in [-0.1, -0.05) is 11.6 Å². The second-order valence-electron chi connectivity index (χ2n) is 6.27. The van der Waals surface area contributed by atoms with Gasteiger partial charge >= 0.3 is 6.18 Å². The number of carbonyl (C=O) groups is 1. The first-order valence-electron chi connectivity index (χ1n) is 8.03. The number of benzene rings is 1. The number of aromatic nitrogens is 3. The van der Waals surface area contributed by atoms with Crippen LogP contribution in [0.2, 0.25) is 5.02 Å². The largest absolute Gasteiger partial charge is 0.435 e. The van der Waals surface area contributed by atoms with Gasteiger partial charge in [-0.15, -0.1) is 0 Å². The summed E-state index contributed by atoms with van der Waals surface area (Å²) in [7, 11) is 2.94. The monoisotopic (exact) mass is 414 g/mol. The molecule has 0 bridgehead atoms. The third kappa shape index (κ3) is 3.62. The van der Waals surface area contributed by atoms with Crippen molar-refractivity contribution in [3.63, 3.8) is 0 Å². The molecule has 3 aromatic rings. The fraction of sp³-hybridized carbons (Fsp3) is 0.222. The number of anilines is 1. The summed E-state index contributed by atoms with van der Waals surface area (Å²) in [4.78, 5) is 12.4. The van der Waals surface area contributed by atoms with Crippen molar-refractivity contribution in [1.29, 1.82) is 0 Å². The van der Waals surface area contributed by atoms with Crippen molar-refractivity contribution < 1.29 is 22.4 Å². The SMILES string of the molecule is Cc1cn(C)c(C(=O)Nc2ccc(-c3cc(C(F)(F)F)nn3C)c(F)c2)c1Cl. The maximum Gasteiger partial charge on any atom is 0.435 e. The third-order valence-corrected chi connectivity index (χ3v) is 4.66. The van der Waals surface area contributed by atoms with E-state index in [0.717, 1.165) is 16.8 Å². The highest BCUT2D eigenvalue weighted by molar-refractivity contribution is 6.35. The lowest BCUT2D eigenvalue weighted by Gasteiger charge is -2.09. The molecule has 2 heterocycles. The number of hydrogen-bond acceptors (Lipinski definition) is 2. The number of halogens is 5. The number of hydrogen-bond donors (Lipinski definition) is 1. The van der Waals surface area contributed by atoms with Crippen molar-refractivity contribution in [2.24, 2.45) is 14.1 Å². The Bertz CT molecular complexity index is 1070. The van der Waals surface area contributed by atoms with E-state index in [1.54, 1.807) is 24.7 Å². The molecule has 1 amide bonds. The fourth-order valence-electron chi connectivity index (χ4n) is 2.86. The van der Waals surface area contributed by atoms with E-state index in [-0.39, 0.29) is 27.7 Å². The molecule has 1 N–H and O–H groups in total. The topological polar surface area (TPSA) is 51.9 Å². The van der Waals surface area contributed by atoms with Gasteiger partial charge in [0.2, 0.25) is 0 Å². The minimum Gasteiger partial charge on any atom is -0.345 e. The molecule has 0 radical (unpaired) electrons. The first-order valence-corrected chi connectivity index (χ1v) is 8.40. The molecule has 0 unspecified atom stereocenters. The van der Waals surface area contributed by atoms with Gasteiger partial charge in [-0.05, 0) is 36.8 Å². The average Bonchev–Trinajstić information content (AvgIpc) is 3.07. The molecular formula is C18H15ClF4N4O. The Morgan fingerprint density at radius 3 is 2.39 bits per heavy atom. The molecular weight excluding hydrogens is 400 g/mol. The van der Waals surface area contributed by atoms with Crippen LogP contribution in [0.25, 0.3) is 11.3 Å². The summed E-state index contributed by atoms with van der Waals surface area (Å²) in [6, 6.07) is 4.46. The van der Waals surface area contributed by atoms with Crippen LogP contribution < -0.4 is 5.32 Å². The predicted molar refractivity (Wildman–Crippen MR) is 96.7 cm³/mol. The molecule has 0 saturated heterocycles. The van der Waals surface area contributed by atoms with Gasteiger partial charge in [-0.2, -0.15) is 18.3 Å². The van der Waals surface area contributed by atoms with E-state index in [1.165, 1.54) is 19.2 Å². The quantitative estimate of drug-likeness (QED) is 0.626. The van der Waals surface area contributed by atoms with Crippen molar-refractivity contribution in [2.75, 3.05) is 5.32 Å². The van der Waals surface area contributed by atoms with Crippen molar-refractivity contribution >= 4 is 23.2 Å². The molecule has 1 aromatic carbocycles. The molecule has 0 fully saturated rings. The van der Waals surface area contributed by atoms with Gasteiger partial charge in [0.15, 0.2) is 5.69 Å². The van der Waals surface area contributed by atoms with Gasteiger partial charge in [0, 0.05) is 31.5 Å². The Morgan fingerprint density at radius 1 is 1.21 bits per heavy atom. The average molecular weight is 415 g/mol. The van der Waals surface area contributed by atoms with E-state index in [9.17, 15) is 22.4 Å². The fourth-order valence-corrected chi connectivity index (χ4v) is 3.13.